The lowest BCUT2D eigenvalue weighted by Gasteiger charge is -2.50. The van der Waals surface area contributed by atoms with Crippen LogP contribution in [-0.2, 0) is 6.42 Å². The van der Waals surface area contributed by atoms with Crippen LogP contribution in [0, 0.1) is 0 Å². The number of hydrogen-bond acceptors (Lipinski definition) is 4. The van der Waals surface area contributed by atoms with Crippen molar-refractivity contribution < 1.29 is 0 Å². The second-order valence-electron chi connectivity index (χ2n) is 6.94. The third kappa shape index (κ3) is 3.17. The highest BCUT2D eigenvalue weighted by molar-refractivity contribution is 7.11. The van der Waals surface area contributed by atoms with Crippen LogP contribution in [0.4, 0.5) is 0 Å². The van der Waals surface area contributed by atoms with Crippen LogP contribution in [0.5, 0.6) is 0 Å². The van der Waals surface area contributed by atoms with Gasteiger partial charge >= 0.3 is 0 Å². The van der Waals surface area contributed by atoms with Gasteiger partial charge in [0, 0.05) is 35.7 Å². The van der Waals surface area contributed by atoms with E-state index in [0.29, 0.717) is 17.6 Å². The number of hydrogen-bond donors (Lipinski definition) is 1. The smallest absolute Gasteiger partial charge is 0.110 e. The summed E-state index contributed by atoms with van der Waals surface area (Å²) in [7, 11) is 0. The van der Waals surface area contributed by atoms with Gasteiger partial charge in [-0.1, -0.05) is 26.2 Å². The number of piperazine rings is 1. The first kappa shape index (κ1) is 15.4. The zero-order valence-electron chi connectivity index (χ0n) is 13.7. The van der Waals surface area contributed by atoms with Crippen molar-refractivity contribution in [3.8, 4) is 0 Å². The molecule has 1 N–H and O–H groups in total. The summed E-state index contributed by atoms with van der Waals surface area (Å²) < 4.78 is 0. The molecule has 2 atom stereocenters. The minimum atomic E-state index is 0.379. The Morgan fingerprint density at radius 1 is 1.43 bits per heavy atom. The quantitative estimate of drug-likeness (QED) is 0.921. The summed E-state index contributed by atoms with van der Waals surface area (Å²) in [5.74, 6) is 0. The van der Waals surface area contributed by atoms with Crippen LogP contribution >= 0.6 is 11.3 Å². The Bertz CT molecular complexity index is 464. The van der Waals surface area contributed by atoms with Gasteiger partial charge in [0.2, 0.25) is 0 Å². The maximum atomic E-state index is 4.69. The van der Waals surface area contributed by atoms with Crippen molar-refractivity contribution in [2.75, 3.05) is 13.1 Å². The summed E-state index contributed by atoms with van der Waals surface area (Å²) in [4.78, 5) is 8.79. The molecule has 1 aliphatic carbocycles. The van der Waals surface area contributed by atoms with Crippen molar-refractivity contribution in [3.63, 3.8) is 0 Å². The molecule has 0 radical (unpaired) electrons. The minimum Gasteiger partial charge on any atom is -0.308 e. The Balaban J connectivity index is 1.75. The standard InChI is InChI=1S/C17H29N3S/c1-4-15-11-18-16(21-15)14(3)20-12-17(19-10-13(20)2)8-6-5-7-9-17/h11,13-14,19H,4-10,12H2,1-3H3. The van der Waals surface area contributed by atoms with Crippen LogP contribution in [0.1, 0.15) is 68.8 Å². The summed E-state index contributed by atoms with van der Waals surface area (Å²) in [6.07, 6.45) is 10.1. The van der Waals surface area contributed by atoms with E-state index >= 15 is 0 Å². The second-order valence-corrected chi connectivity index (χ2v) is 8.08. The van der Waals surface area contributed by atoms with Gasteiger partial charge in [0.05, 0.1) is 6.04 Å². The van der Waals surface area contributed by atoms with Crippen molar-refractivity contribution in [1.29, 1.82) is 0 Å². The molecule has 3 nitrogen and oxygen atoms in total. The molecule has 0 bridgehead atoms. The zero-order valence-corrected chi connectivity index (χ0v) is 14.5. The van der Waals surface area contributed by atoms with Gasteiger partial charge in [0.15, 0.2) is 0 Å². The number of thiazole rings is 1. The maximum Gasteiger partial charge on any atom is 0.110 e. The first-order chi connectivity index (χ1) is 10.1. The number of nitrogens with one attached hydrogen (secondary N) is 1. The number of aromatic nitrogens is 1. The second kappa shape index (κ2) is 6.35. The predicted octanol–water partition coefficient (Wildman–Crippen LogP) is 3.76. The van der Waals surface area contributed by atoms with E-state index in [1.807, 2.05) is 11.3 Å². The lowest BCUT2D eigenvalue weighted by molar-refractivity contribution is 0.0355. The van der Waals surface area contributed by atoms with E-state index in [-0.39, 0.29) is 0 Å². The molecular formula is C17H29N3S. The van der Waals surface area contributed by atoms with Crippen molar-refractivity contribution in [2.24, 2.45) is 0 Å². The summed E-state index contributed by atoms with van der Waals surface area (Å²) in [5.41, 5.74) is 0.379. The number of aryl methyl sites for hydroxylation is 1. The fraction of sp³-hybridized carbons (Fsp3) is 0.824. The molecule has 0 aromatic carbocycles. The molecule has 1 aromatic rings. The number of nitrogens with zero attached hydrogens (tertiary/aromatic N) is 2. The van der Waals surface area contributed by atoms with Crippen LogP contribution in [0.3, 0.4) is 0 Å². The zero-order chi connectivity index (χ0) is 14.9. The summed E-state index contributed by atoms with van der Waals surface area (Å²) in [6.45, 7) is 9.23. The highest BCUT2D eigenvalue weighted by Crippen LogP contribution is 2.36. The molecule has 2 heterocycles. The molecule has 1 saturated heterocycles. The van der Waals surface area contributed by atoms with Crippen molar-refractivity contribution in [1.82, 2.24) is 15.2 Å². The van der Waals surface area contributed by atoms with Gasteiger partial charge in [-0.05, 0) is 33.1 Å². The molecule has 1 spiro atoms. The van der Waals surface area contributed by atoms with Gasteiger partial charge in [-0.25, -0.2) is 4.98 Å². The van der Waals surface area contributed by atoms with Gasteiger partial charge in [-0.3, -0.25) is 4.90 Å². The van der Waals surface area contributed by atoms with Crippen LogP contribution in [-0.4, -0.2) is 34.6 Å². The van der Waals surface area contributed by atoms with Crippen LogP contribution in [0.15, 0.2) is 6.20 Å². The third-order valence-corrected chi connectivity index (χ3v) is 6.72. The number of rotatable bonds is 3. The van der Waals surface area contributed by atoms with Gasteiger partial charge in [-0.2, -0.15) is 0 Å². The van der Waals surface area contributed by atoms with Crippen LogP contribution < -0.4 is 5.32 Å². The SMILES string of the molecule is CCc1cnc(C(C)N2CC3(CCCCC3)NCC2C)s1. The predicted molar refractivity (Wildman–Crippen MR) is 89.9 cm³/mol. The van der Waals surface area contributed by atoms with E-state index in [9.17, 15) is 0 Å². The van der Waals surface area contributed by atoms with E-state index in [1.165, 1.54) is 48.5 Å². The molecule has 1 aliphatic heterocycles. The third-order valence-electron chi connectivity index (χ3n) is 5.41. The van der Waals surface area contributed by atoms with E-state index in [1.54, 1.807) is 0 Å². The van der Waals surface area contributed by atoms with E-state index < -0.39 is 0 Å². The Morgan fingerprint density at radius 3 is 2.86 bits per heavy atom. The van der Waals surface area contributed by atoms with Crippen molar-refractivity contribution >= 4 is 11.3 Å². The van der Waals surface area contributed by atoms with Gasteiger partial charge < -0.3 is 5.32 Å². The molecule has 0 amide bonds. The topological polar surface area (TPSA) is 28.2 Å². The summed E-state index contributed by atoms with van der Waals surface area (Å²) in [5, 5.41) is 5.18. The maximum absolute atomic E-state index is 4.69. The minimum absolute atomic E-state index is 0.379. The molecular weight excluding hydrogens is 278 g/mol. The molecule has 1 saturated carbocycles. The molecule has 3 rings (SSSR count). The highest BCUT2D eigenvalue weighted by Gasteiger charge is 2.40. The highest BCUT2D eigenvalue weighted by atomic mass is 32.1. The largest absolute Gasteiger partial charge is 0.308 e. The van der Waals surface area contributed by atoms with E-state index in [4.69, 9.17) is 0 Å². The monoisotopic (exact) mass is 307 g/mol. The fourth-order valence-corrected chi connectivity index (χ4v) is 4.88. The Hall–Kier alpha value is -0.450. The van der Waals surface area contributed by atoms with E-state index in [0.717, 1.165) is 13.0 Å². The molecule has 2 aliphatic rings. The van der Waals surface area contributed by atoms with E-state index in [2.05, 4.69) is 42.2 Å². The normalized spacial score (nSPS) is 27.9. The van der Waals surface area contributed by atoms with Crippen molar-refractivity contribution in [2.45, 2.75) is 76.9 Å². The molecule has 2 unspecified atom stereocenters. The van der Waals surface area contributed by atoms with Gasteiger partial charge in [0.1, 0.15) is 5.01 Å². The Labute approximate surface area is 133 Å². The molecule has 21 heavy (non-hydrogen) atoms. The molecule has 1 aromatic heterocycles. The van der Waals surface area contributed by atoms with Crippen molar-refractivity contribution in [3.05, 3.63) is 16.1 Å². The average Bonchev–Trinajstić information content (AvgIpc) is 2.99. The summed E-state index contributed by atoms with van der Waals surface area (Å²) >= 11 is 1.90. The first-order valence-electron chi connectivity index (χ1n) is 8.59. The summed E-state index contributed by atoms with van der Waals surface area (Å²) in [6, 6.07) is 1.05. The van der Waals surface area contributed by atoms with Crippen LogP contribution in [0.2, 0.25) is 0 Å². The molecule has 118 valence electrons. The lowest BCUT2D eigenvalue weighted by atomic mass is 9.79. The fourth-order valence-electron chi connectivity index (χ4n) is 3.95. The molecule has 2 fully saturated rings. The average molecular weight is 308 g/mol. The molecule has 4 heteroatoms. The first-order valence-corrected chi connectivity index (χ1v) is 9.40. The van der Waals surface area contributed by atoms with Gasteiger partial charge in [0.25, 0.3) is 0 Å². The van der Waals surface area contributed by atoms with Crippen LogP contribution in [0.25, 0.3) is 0 Å². The lowest BCUT2D eigenvalue weighted by Crippen LogP contribution is -2.64. The Morgan fingerprint density at radius 2 is 2.19 bits per heavy atom. The van der Waals surface area contributed by atoms with Gasteiger partial charge in [-0.15, -0.1) is 11.3 Å². The Kier molecular flexibility index (Phi) is 4.67.